The topological polar surface area (TPSA) is 51.6 Å². The Morgan fingerprint density at radius 1 is 0.947 bits per heavy atom. The van der Waals surface area contributed by atoms with E-state index in [1.807, 2.05) is 24.3 Å². The molecule has 0 saturated carbocycles. The number of piperidine rings is 2. The number of nitrogens with one attached hydrogen (secondary N) is 1. The maximum Gasteiger partial charge on any atom is 0.148 e. The molecule has 2 aromatic carbocycles. The second-order valence-electron chi connectivity index (χ2n) is 11.1. The SMILES string of the molecule is CC1CCN(CCCOc2cccc3c2nc(COc2ccc(Cl)cc2)n3CCCC2CCNCC2)CC1. The summed E-state index contributed by atoms with van der Waals surface area (Å²) in [5, 5.41) is 4.19. The molecule has 0 bridgehead atoms. The van der Waals surface area contributed by atoms with Crippen LogP contribution in [-0.4, -0.2) is 53.8 Å². The number of hydrogen-bond acceptors (Lipinski definition) is 5. The molecular weight excluding hydrogens is 496 g/mol. The van der Waals surface area contributed by atoms with Crippen molar-refractivity contribution in [3.8, 4) is 11.5 Å². The van der Waals surface area contributed by atoms with Crippen molar-refractivity contribution in [2.45, 2.75) is 65.0 Å². The van der Waals surface area contributed by atoms with E-state index in [1.165, 1.54) is 45.2 Å². The van der Waals surface area contributed by atoms with E-state index in [1.54, 1.807) is 0 Å². The fourth-order valence-corrected chi connectivity index (χ4v) is 5.91. The largest absolute Gasteiger partial charge is 0.491 e. The molecule has 38 heavy (non-hydrogen) atoms. The molecule has 1 N–H and O–H groups in total. The zero-order chi connectivity index (χ0) is 26.2. The van der Waals surface area contributed by atoms with Gasteiger partial charge in [-0.05, 0) is 119 Å². The molecule has 7 heteroatoms. The Balaban J connectivity index is 1.25. The molecule has 0 aliphatic carbocycles. The van der Waals surface area contributed by atoms with Crippen molar-refractivity contribution in [1.29, 1.82) is 0 Å². The Morgan fingerprint density at radius 2 is 1.74 bits per heavy atom. The fourth-order valence-electron chi connectivity index (χ4n) is 5.79. The van der Waals surface area contributed by atoms with E-state index in [0.29, 0.717) is 18.2 Å². The van der Waals surface area contributed by atoms with E-state index in [-0.39, 0.29) is 0 Å². The molecular formula is C31H43ClN4O2. The van der Waals surface area contributed by atoms with Crippen LogP contribution in [0.25, 0.3) is 11.0 Å². The lowest BCUT2D eigenvalue weighted by Gasteiger charge is -2.30. The Labute approximate surface area is 232 Å². The van der Waals surface area contributed by atoms with Gasteiger partial charge in [0.15, 0.2) is 0 Å². The van der Waals surface area contributed by atoms with Crippen LogP contribution < -0.4 is 14.8 Å². The van der Waals surface area contributed by atoms with Crippen molar-refractivity contribution in [1.82, 2.24) is 19.8 Å². The third-order valence-corrected chi connectivity index (χ3v) is 8.46. The van der Waals surface area contributed by atoms with Gasteiger partial charge in [-0.2, -0.15) is 0 Å². The first kappa shape index (κ1) is 27.3. The average molecular weight is 539 g/mol. The zero-order valence-corrected chi connectivity index (χ0v) is 23.6. The van der Waals surface area contributed by atoms with Gasteiger partial charge in [0.2, 0.25) is 0 Å². The van der Waals surface area contributed by atoms with Crippen molar-refractivity contribution in [3.05, 3.63) is 53.3 Å². The molecule has 0 atom stereocenters. The molecule has 6 nitrogen and oxygen atoms in total. The number of rotatable bonds is 12. The Bertz CT molecular complexity index is 1130. The Kier molecular flexibility index (Phi) is 9.83. The van der Waals surface area contributed by atoms with Crippen molar-refractivity contribution in [2.75, 3.05) is 39.3 Å². The lowest BCUT2D eigenvalue weighted by molar-refractivity contribution is 0.178. The van der Waals surface area contributed by atoms with Gasteiger partial charge in [0, 0.05) is 18.1 Å². The minimum absolute atomic E-state index is 0.413. The molecule has 0 radical (unpaired) electrons. The van der Waals surface area contributed by atoms with Crippen LogP contribution in [0.15, 0.2) is 42.5 Å². The van der Waals surface area contributed by atoms with Crippen LogP contribution in [0.5, 0.6) is 11.5 Å². The Hall–Kier alpha value is -2.28. The second-order valence-corrected chi connectivity index (χ2v) is 11.5. The van der Waals surface area contributed by atoms with Crippen molar-refractivity contribution >= 4 is 22.6 Å². The number of hydrogen-bond donors (Lipinski definition) is 1. The predicted molar refractivity (Wildman–Crippen MR) is 155 cm³/mol. The monoisotopic (exact) mass is 538 g/mol. The molecule has 1 aromatic heterocycles. The average Bonchev–Trinajstić information content (AvgIpc) is 3.30. The quantitative estimate of drug-likeness (QED) is 0.265. The van der Waals surface area contributed by atoms with Crippen LogP contribution in [0.2, 0.25) is 5.02 Å². The smallest absolute Gasteiger partial charge is 0.148 e. The van der Waals surface area contributed by atoms with Gasteiger partial charge >= 0.3 is 0 Å². The summed E-state index contributed by atoms with van der Waals surface area (Å²) >= 11 is 6.06. The number of aromatic nitrogens is 2. The van der Waals surface area contributed by atoms with E-state index < -0.39 is 0 Å². The number of para-hydroxylation sites is 1. The minimum Gasteiger partial charge on any atom is -0.491 e. The number of nitrogens with zero attached hydrogens (tertiary/aromatic N) is 3. The van der Waals surface area contributed by atoms with E-state index >= 15 is 0 Å². The number of benzene rings is 2. The predicted octanol–water partition coefficient (Wildman–Crippen LogP) is 6.55. The molecule has 2 fully saturated rings. The second kappa shape index (κ2) is 13.7. The Morgan fingerprint density at radius 3 is 2.53 bits per heavy atom. The fraction of sp³-hybridized carbons (Fsp3) is 0.581. The van der Waals surface area contributed by atoms with Crippen LogP contribution in [0.4, 0.5) is 0 Å². The van der Waals surface area contributed by atoms with Gasteiger partial charge in [-0.15, -0.1) is 0 Å². The number of ether oxygens (including phenoxy) is 2. The summed E-state index contributed by atoms with van der Waals surface area (Å²) in [4.78, 5) is 7.63. The summed E-state index contributed by atoms with van der Waals surface area (Å²) in [5.41, 5.74) is 2.07. The number of likely N-dealkylation sites (tertiary alicyclic amines) is 1. The lowest BCUT2D eigenvalue weighted by Crippen LogP contribution is -2.34. The molecule has 0 amide bonds. The van der Waals surface area contributed by atoms with E-state index in [0.717, 1.165) is 79.2 Å². The molecule has 3 aromatic rings. The number of aryl methyl sites for hydroxylation is 1. The van der Waals surface area contributed by atoms with Crippen molar-refractivity contribution in [2.24, 2.45) is 11.8 Å². The molecule has 2 aliphatic rings. The minimum atomic E-state index is 0.413. The van der Waals surface area contributed by atoms with E-state index in [4.69, 9.17) is 26.1 Å². The van der Waals surface area contributed by atoms with Crippen LogP contribution >= 0.6 is 11.6 Å². The van der Waals surface area contributed by atoms with Crippen molar-refractivity contribution in [3.63, 3.8) is 0 Å². The van der Waals surface area contributed by atoms with Gasteiger partial charge in [-0.1, -0.05) is 24.6 Å². The molecule has 2 saturated heterocycles. The van der Waals surface area contributed by atoms with Crippen LogP contribution in [-0.2, 0) is 13.2 Å². The molecule has 0 spiro atoms. The molecule has 3 heterocycles. The normalized spacial score (nSPS) is 17.7. The van der Waals surface area contributed by atoms with Gasteiger partial charge in [0.25, 0.3) is 0 Å². The number of halogens is 1. The molecule has 2 aliphatic heterocycles. The van der Waals surface area contributed by atoms with Crippen LogP contribution in [0, 0.1) is 11.8 Å². The third kappa shape index (κ3) is 7.43. The number of imidazole rings is 1. The highest BCUT2D eigenvalue weighted by Crippen LogP contribution is 2.28. The maximum absolute atomic E-state index is 6.31. The third-order valence-electron chi connectivity index (χ3n) is 8.21. The standard InChI is InChI=1S/C31H43ClN4O2/c1-24-14-20-35(21-15-24)18-4-22-37-29-7-2-6-28-31(29)34-30(23-38-27-10-8-26(32)9-11-27)36(28)19-3-5-25-12-16-33-17-13-25/h2,6-11,24-25,33H,3-5,12-23H2,1H3. The summed E-state index contributed by atoms with van der Waals surface area (Å²) in [7, 11) is 0. The summed E-state index contributed by atoms with van der Waals surface area (Å²) in [6, 6.07) is 13.8. The first-order chi connectivity index (χ1) is 18.7. The van der Waals surface area contributed by atoms with Gasteiger partial charge in [0.05, 0.1) is 12.1 Å². The molecule has 206 valence electrons. The number of fused-ring (bicyclic) bond motifs is 1. The highest BCUT2D eigenvalue weighted by atomic mass is 35.5. The maximum atomic E-state index is 6.31. The summed E-state index contributed by atoms with van der Waals surface area (Å²) < 4.78 is 14.8. The molecule has 5 rings (SSSR count). The van der Waals surface area contributed by atoms with Crippen LogP contribution in [0.3, 0.4) is 0 Å². The molecule has 0 unspecified atom stereocenters. The highest BCUT2D eigenvalue weighted by Gasteiger charge is 2.18. The zero-order valence-electron chi connectivity index (χ0n) is 22.8. The lowest BCUT2D eigenvalue weighted by atomic mass is 9.93. The van der Waals surface area contributed by atoms with Gasteiger partial charge in [-0.25, -0.2) is 4.98 Å². The van der Waals surface area contributed by atoms with E-state index in [9.17, 15) is 0 Å². The van der Waals surface area contributed by atoms with Gasteiger partial charge in [0.1, 0.15) is 29.4 Å². The van der Waals surface area contributed by atoms with Crippen molar-refractivity contribution < 1.29 is 9.47 Å². The van der Waals surface area contributed by atoms with Gasteiger partial charge < -0.3 is 24.3 Å². The van der Waals surface area contributed by atoms with Crippen LogP contribution in [0.1, 0.15) is 57.7 Å². The first-order valence-electron chi connectivity index (χ1n) is 14.6. The summed E-state index contributed by atoms with van der Waals surface area (Å²) in [6.45, 7) is 10.3. The first-order valence-corrected chi connectivity index (χ1v) is 15.0. The summed E-state index contributed by atoms with van der Waals surface area (Å²) in [5.74, 6) is 4.30. The highest BCUT2D eigenvalue weighted by molar-refractivity contribution is 6.30. The van der Waals surface area contributed by atoms with Gasteiger partial charge in [-0.3, -0.25) is 0 Å². The summed E-state index contributed by atoms with van der Waals surface area (Å²) in [6.07, 6.45) is 8.63. The van der Waals surface area contributed by atoms with E-state index in [2.05, 4.69) is 39.9 Å².